The molecule has 0 radical (unpaired) electrons. The monoisotopic (exact) mass is 282 g/mol. The zero-order valence-corrected chi connectivity index (χ0v) is 15.2. The van der Waals surface area contributed by atoms with Crippen LogP contribution in [-0.2, 0) is 9.59 Å². The molecule has 0 aromatic carbocycles. The molecule has 2 N–H and O–H groups in total. The molecule has 10 heteroatoms. The van der Waals surface area contributed by atoms with E-state index in [1.54, 1.807) is 0 Å². The van der Waals surface area contributed by atoms with E-state index in [-0.39, 0.29) is 82.8 Å². The Morgan fingerprint density at radius 3 is 1.41 bits per heavy atom. The molecule has 0 saturated heterocycles. The molecule has 7 nitrogen and oxygen atoms in total. The fourth-order valence-electron chi connectivity index (χ4n) is 0.814. The van der Waals surface area contributed by atoms with Gasteiger partial charge in [0.05, 0.1) is 25.0 Å². The summed E-state index contributed by atoms with van der Waals surface area (Å²) in [6, 6.07) is 0. The number of likely N-dealkylation sites (N-methyl/N-ethyl adjacent to an activating group) is 2. The zero-order chi connectivity index (χ0) is 11.3. The van der Waals surface area contributed by atoms with Gasteiger partial charge in [0.25, 0.3) is 0 Å². The summed E-state index contributed by atoms with van der Waals surface area (Å²) in [6.07, 6.45) is 0. The van der Waals surface area contributed by atoms with E-state index in [4.69, 9.17) is 12.2 Å². The van der Waals surface area contributed by atoms with Crippen LogP contribution < -0.4 is 69.3 Å². The Hall–Kier alpha value is 0.590. The Morgan fingerprint density at radius 2 is 1.24 bits per heavy atom. The molecule has 0 spiro atoms. The van der Waals surface area contributed by atoms with Gasteiger partial charge in [-0.2, -0.15) is 0 Å². The van der Waals surface area contributed by atoms with Crippen LogP contribution in [0.4, 0.5) is 0 Å². The summed E-state index contributed by atoms with van der Waals surface area (Å²) >= 11 is 4.81. The van der Waals surface area contributed by atoms with Crippen molar-refractivity contribution >= 4 is 29.3 Å². The van der Waals surface area contributed by atoms with Crippen molar-refractivity contribution < 1.29 is 84.4 Å². The molecule has 88 valence electrons. The van der Waals surface area contributed by atoms with Crippen molar-refractivity contribution in [1.82, 2.24) is 9.80 Å². The number of hydrogen-bond acceptors (Lipinski definition) is 5. The summed E-state index contributed by atoms with van der Waals surface area (Å²) in [7, 11) is 2.87. The molecule has 0 atom stereocenters. The number of carboxylic acids is 2. The minimum absolute atomic E-state index is 0. The van der Waals surface area contributed by atoms with Crippen LogP contribution in [0.2, 0.25) is 0 Å². The fraction of sp³-hybridized carbons (Fsp3) is 0.571. The maximum atomic E-state index is 10.2. The van der Waals surface area contributed by atoms with E-state index in [1.807, 2.05) is 0 Å². The third-order valence-corrected chi connectivity index (χ3v) is 2.01. The number of rotatable bonds is 4. The molecule has 0 rings (SSSR count). The van der Waals surface area contributed by atoms with E-state index in [9.17, 15) is 19.8 Å². The van der Waals surface area contributed by atoms with Gasteiger partial charge in [-0.1, -0.05) is 0 Å². The van der Waals surface area contributed by atoms with Gasteiger partial charge in [0.1, 0.15) is 0 Å². The van der Waals surface area contributed by atoms with Gasteiger partial charge in [0.15, 0.2) is 5.11 Å². The van der Waals surface area contributed by atoms with Gasteiger partial charge >= 0.3 is 59.1 Å². The molecule has 0 aliphatic heterocycles. The number of carbonyl (C=O) groups is 2. The average molecular weight is 282 g/mol. The van der Waals surface area contributed by atoms with E-state index < -0.39 is 11.9 Å². The van der Waals surface area contributed by atoms with Crippen molar-refractivity contribution in [3.05, 3.63) is 0 Å². The second-order valence-corrected chi connectivity index (χ2v) is 3.10. The van der Waals surface area contributed by atoms with E-state index in [1.165, 1.54) is 23.9 Å². The first kappa shape index (κ1) is 26.2. The van der Waals surface area contributed by atoms with Crippen molar-refractivity contribution in [2.24, 2.45) is 0 Å². The molecule has 0 fully saturated rings. The minimum atomic E-state index is -1.28. The van der Waals surface area contributed by atoms with Crippen molar-refractivity contribution in [2.75, 3.05) is 27.2 Å². The van der Waals surface area contributed by atoms with Crippen LogP contribution >= 0.6 is 12.2 Å². The Balaban J connectivity index is -0.000000282. The Labute approximate surface area is 149 Å². The number of aliphatic carboxylic acids is 2. The van der Waals surface area contributed by atoms with Gasteiger partial charge in [-0.3, -0.25) is 0 Å². The first-order chi connectivity index (χ1) is 6.34. The molecular formula is C7H12N2Na2O5S. The molecule has 0 amide bonds. The third kappa shape index (κ3) is 12.8. The Morgan fingerprint density at radius 1 is 1.00 bits per heavy atom. The molecule has 0 bridgehead atoms. The zero-order valence-electron chi connectivity index (χ0n) is 10.3. The van der Waals surface area contributed by atoms with Gasteiger partial charge in [-0.15, -0.1) is 0 Å². The second-order valence-electron chi connectivity index (χ2n) is 2.74. The maximum absolute atomic E-state index is 10.2. The first-order valence-corrected chi connectivity index (χ1v) is 4.11. The molecule has 0 saturated carbocycles. The van der Waals surface area contributed by atoms with Gasteiger partial charge in [-0.05, 0) is 12.2 Å². The number of nitrogens with zero attached hydrogens (tertiary/aromatic N) is 2. The minimum Gasteiger partial charge on any atom is -0.548 e. The molecule has 0 aliphatic carbocycles. The number of carbonyl (C=O) groups excluding carboxylic acids is 2. The maximum Gasteiger partial charge on any atom is 1.00 e. The fourth-order valence-corrected chi connectivity index (χ4v) is 0.943. The molecular weight excluding hydrogens is 270 g/mol. The van der Waals surface area contributed by atoms with E-state index in [0.717, 1.165) is 0 Å². The number of thiocarbonyl (C=S) groups is 1. The SMILES string of the molecule is CN(CC(=O)[O-])C(=S)N(C)CC(=O)[O-].O.[Na+].[Na+]. The Kier molecular flexibility index (Phi) is 20.1. The van der Waals surface area contributed by atoms with Crippen molar-refractivity contribution in [3.63, 3.8) is 0 Å². The predicted molar refractivity (Wildman–Crippen MR) is 51.5 cm³/mol. The molecule has 0 heterocycles. The van der Waals surface area contributed by atoms with Crippen LogP contribution in [0, 0.1) is 0 Å². The van der Waals surface area contributed by atoms with Gasteiger partial charge in [-0.25, -0.2) is 0 Å². The number of hydrogen-bond donors (Lipinski definition) is 0. The average Bonchev–Trinajstić information content (AvgIpc) is 2.00. The summed E-state index contributed by atoms with van der Waals surface area (Å²) in [5.41, 5.74) is 0. The van der Waals surface area contributed by atoms with E-state index in [2.05, 4.69) is 0 Å². The molecule has 0 aromatic heterocycles. The van der Waals surface area contributed by atoms with E-state index in [0.29, 0.717) is 0 Å². The first-order valence-electron chi connectivity index (χ1n) is 3.70. The van der Waals surface area contributed by atoms with Crippen LogP contribution in [0.3, 0.4) is 0 Å². The van der Waals surface area contributed by atoms with Crippen LogP contribution in [-0.4, -0.2) is 59.5 Å². The summed E-state index contributed by atoms with van der Waals surface area (Å²) < 4.78 is 0. The van der Waals surface area contributed by atoms with Gasteiger partial charge in [0.2, 0.25) is 0 Å². The molecule has 17 heavy (non-hydrogen) atoms. The largest absolute Gasteiger partial charge is 1.00 e. The smallest absolute Gasteiger partial charge is 0.548 e. The van der Waals surface area contributed by atoms with Crippen molar-refractivity contribution in [1.29, 1.82) is 0 Å². The molecule has 0 unspecified atom stereocenters. The van der Waals surface area contributed by atoms with Crippen molar-refractivity contribution in [3.8, 4) is 0 Å². The quantitative estimate of drug-likeness (QED) is 0.371. The van der Waals surface area contributed by atoms with Crippen molar-refractivity contribution in [2.45, 2.75) is 0 Å². The van der Waals surface area contributed by atoms with Gasteiger partial charge in [0, 0.05) is 14.1 Å². The van der Waals surface area contributed by atoms with Gasteiger partial charge < -0.3 is 35.1 Å². The second kappa shape index (κ2) is 13.0. The summed E-state index contributed by atoms with van der Waals surface area (Å²) in [4.78, 5) is 22.8. The van der Waals surface area contributed by atoms with Crippen LogP contribution in [0.5, 0.6) is 0 Å². The predicted octanol–water partition coefficient (Wildman–Crippen LogP) is -10.2. The standard InChI is InChI=1S/C7H12N2O4S.2Na.H2O/c1-8(3-5(10)11)7(14)9(2)4-6(12)13;;;/h3-4H2,1-2H3,(H,10,11)(H,12,13);;;1H2/q;2*+1;/p-2. The summed E-state index contributed by atoms with van der Waals surface area (Å²) in [5.74, 6) is -2.56. The topological polar surface area (TPSA) is 118 Å². The summed E-state index contributed by atoms with van der Waals surface area (Å²) in [5, 5.41) is 20.5. The summed E-state index contributed by atoms with van der Waals surface area (Å²) in [6.45, 7) is -0.757. The molecule has 0 aromatic rings. The van der Waals surface area contributed by atoms with Crippen LogP contribution in [0.15, 0.2) is 0 Å². The third-order valence-electron chi connectivity index (χ3n) is 1.39. The number of carboxylic acid groups (broad SMARTS) is 2. The normalized spacial score (nSPS) is 7.65. The van der Waals surface area contributed by atoms with E-state index >= 15 is 0 Å². The van der Waals surface area contributed by atoms with Crippen LogP contribution in [0.25, 0.3) is 0 Å². The van der Waals surface area contributed by atoms with Crippen LogP contribution in [0.1, 0.15) is 0 Å². The Bertz CT molecular complexity index is 243. The molecule has 0 aliphatic rings.